The second-order valence-electron chi connectivity index (χ2n) is 4.27. The minimum atomic E-state index is -0.560. The normalized spacial score (nSPS) is 10.1. The van der Waals surface area contributed by atoms with Crippen molar-refractivity contribution in [2.75, 3.05) is 11.9 Å². The molecule has 2 aromatic rings. The number of ether oxygens (including phenoxy) is 1. The van der Waals surface area contributed by atoms with Crippen LogP contribution in [0.2, 0.25) is 5.02 Å². The number of carbonyl (C=O) groups excluding carboxylic acids is 2. The minimum Gasteiger partial charge on any atom is -0.483 e. The molecule has 0 aliphatic heterocycles. The molecule has 0 radical (unpaired) electrons. The number of anilines is 1. The van der Waals surface area contributed by atoms with Crippen LogP contribution in [0.25, 0.3) is 0 Å². The van der Waals surface area contributed by atoms with E-state index in [0.717, 1.165) is 6.07 Å². The average Bonchev–Trinajstić information content (AvgIpc) is 2.49. The maximum absolute atomic E-state index is 13.0. The summed E-state index contributed by atoms with van der Waals surface area (Å²) < 4.78 is 18.9. The number of benzene rings is 2. The molecule has 1 amide bonds. The Kier molecular flexibility index (Phi) is 5.51. The number of rotatable bonds is 5. The molecule has 0 saturated heterocycles. The van der Waals surface area contributed by atoms with Crippen molar-refractivity contribution < 1.29 is 18.7 Å². The molecule has 0 fully saturated rings. The van der Waals surface area contributed by atoms with E-state index in [4.69, 9.17) is 16.3 Å². The molecule has 0 heterocycles. The monoisotopic (exact) mass is 385 g/mol. The van der Waals surface area contributed by atoms with Crippen LogP contribution < -0.4 is 10.1 Å². The largest absolute Gasteiger partial charge is 0.483 e. The summed E-state index contributed by atoms with van der Waals surface area (Å²) in [4.78, 5) is 22.4. The zero-order valence-electron chi connectivity index (χ0n) is 11.1. The highest BCUT2D eigenvalue weighted by Crippen LogP contribution is 2.25. The van der Waals surface area contributed by atoms with Crippen LogP contribution in [0.15, 0.2) is 40.9 Å². The van der Waals surface area contributed by atoms with E-state index in [-0.39, 0.29) is 11.6 Å². The first-order valence-corrected chi connectivity index (χ1v) is 7.29. The van der Waals surface area contributed by atoms with Gasteiger partial charge in [-0.1, -0.05) is 11.6 Å². The van der Waals surface area contributed by atoms with Crippen molar-refractivity contribution in [2.24, 2.45) is 0 Å². The van der Waals surface area contributed by atoms with Gasteiger partial charge < -0.3 is 10.1 Å². The van der Waals surface area contributed by atoms with E-state index in [1.54, 1.807) is 18.2 Å². The van der Waals surface area contributed by atoms with E-state index in [1.165, 1.54) is 12.1 Å². The second-order valence-corrected chi connectivity index (χ2v) is 5.53. The van der Waals surface area contributed by atoms with Crippen LogP contribution in [-0.4, -0.2) is 18.8 Å². The van der Waals surface area contributed by atoms with Gasteiger partial charge in [-0.25, -0.2) is 4.39 Å². The van der Waals surface area contributed by atoms with Gasteiger partial charge in [-0.2, -0.15) is 0 Å². The van der Waals surface area contributed by atoms with Gasteiger partial charge in [-0.05, 0) is 52.3 Å². The molecule has 0 atom stereocenters. The average molecular weight is 387 g/mol. The summed E-state index contributed by atoms with van der Waals surface area (Å²) in [7, 11) is 0. The lowest BCUT2D eigenvalue weighted by Gasteiger charge is -2.09. The topological polar surface area (TPSA) is 55.4 Å². The Balaban J connectivity index is 1.95. The van der Waals surface area contributed by atoms with Gasteiger partial charge in [0.05, 0.1) is 9.50 Å². The van der Waals surface area contributed by atoms with Crippen molar-refractivity contribution in [1.82, 2.24) is 0 Å². The van der Waals surface area contributed by atoms with Gasteiger partial charge >= 0.3 is 0 Å². The van der Waals surface area contributed by atoms with Gasteiger partial charge in [0.15, 0.2) is 6.61 Å². The van der Waals surface area contributed by atoms with Crippen molar-refractivity contribution >= 4 is 45.4 Å². The van der Waals surface area contributed by atoms with Crippen LogP contribution >= 0.6 is 27.5 Å². The first-order valence-electron chi connectivity index (χ1n) is 6.12. The van der Waals surface area contributed by atoms with E-state index in [9.17, 15) is 14.0 Å². The summed E-state index contributed by atoms with van der Waals surface area (Å²) in [5, 5.41) is 2.46. The Morgan fingerprint density at radius 1 is 1.32 bits per heavy atom. The third kappa shape index (κ3) is 4.29. The van der Waals surface area contributed by atoms with Crippen LogP contribution in [0.5, 0.6) is 5.75 Å². The van der Waals surface area contributed by atoms with Gasteiger partial charge in [0.2, 0.25) is 0 Å². The minimum absolute atomic E-state index is 0.0779. The first kappa shape index (κ1) is 16.5. The standard InChI is InChI=1S/C15H10BrClFNO3/c16-11-5-9(7-20)1-4-14(11)22-8-15(21)19-10-2-3-13(18)12(17)6-10/h1-7H,8H2,(H,19,21). The number of aldehydes is 1. The molecule has 4 nitrogen and oxygen atoms in total. The van der Waals surface area contributed by atoms with Crippen LogP contribution in [0, 0.1) is 5.82 Å². The Hall–Kier alpha value is -1.92. The zero-order valence-corrected chi connectivity index (χ0v) is 13.4. The van der Waals surface area contributed by atoms with E-state index in [0.29, 0.717) is 27.8 Å². The van der Waals surface area contributed by atoms with Crippen molar-refractivity contribution in [3.63, 3.8) is 0 Å². The lowest BCUT2D eigenvalue weighted by molar-refractivity contribution is -0.118. The summed E-state index contributed by atoms with van der Waals surface area (Å²) in [5.41, 5.74) is 0.861. The fraction of sp³-hybridized carbons (Fsp3) is 0.0667. The molecule has 2 rings (SSSR count). The fourth-order valence-electron chi connectivity index (χ4n) is 1.62. The molecule has 0 saturated carbocycles. The van der Waals surface area contributed by atoms with Crippen molar-refractivity contribution in [3.8, 4) is 5.75 Å². The van der Waals surface area contributed by atoms with E-state index >= 15 is 0 Å². The van der Waals surface area contributed by atoms with Crippen LogP contribution in [0.1, 0.15) is 10.4 Å². The maximum Gasteiger partial charge on any atom is 0.262 e. The van der Waals surface area contributed by atoms with Crippen molar-refractivity contribution in [1.29, 1.82) is 0 Å². The van der Waals surface area contributed by atoms with Crippen molar-refractivity contribution in [3.05, 3.63) is 57.3 Å². The third-order valence-corrected chi connectivity index (χ3v) is 3.56. The lowest BCUT2D eigenvalue weighted by atomic mass is 10.2. The predicted molar refractivity (Wildman–Crippen MR) is 85.1 cm³/mol. The molecule has 0 bridgehead atoms. The molecule has 2 aromatic carbocycles. The smallest absolute Gasteiger partial charge is 0.262 e. The van der Waals surface area contributed by atoms with E-state index in [2.05, 4.69) is 21.2 Å². The summed E-state index contributed by atoms with van der Waals surface area (Å²) in [6.07, 6.45) is 0.708. The van der Waals surface area contributed by atoms with Gasteiger partial charge in [0.25, 0.3) is 5.91 Å². The highest BCUT2D eigenvalue weighted by molar-refractivity contribution is 9.10. The number of carbonyl (C=O) groups is 2. The van der Waals surface area contributed by atoms with E-state index in [1.807, 2.05) is 0 Å². The Morgan fingerprint density at radius 2 is 2.09 bits per heavy atom. The molecule has 7 heteroatoms. The van der Waals surface area contributed by atoms with Gasteiger partial charge in [0.1, 0.15) is 17.9 Å². The van der Waals surface area contributed by atoms with Crippen LogP contribution in [-0.2, 0) is 4.79 Å². The fourth-order valence-corrected chi connectivity index (χ4v) is 2.31. The Morgan fingerprint density at radius 3 is 2.73 bits per heavy atom. The summed E-state index contributed by atoms with van der Waals surface area (Å²) in [5.74, 6) is -0.554. The molecule has 114 valence electrons. The summed E-state index contributed by atoms with van der Waals surface area (Å²) in [6.45, 7) is -0.242. The third-order valence-electron chi connectivity index (χ3n) is 2.65. The predicted octanol–water partition coefficient (Wildman–Crippen LogP) is 4.07. The zero-order chi connectivity index (χ0) is 16.1. The number of nitrogens with one attached hydrogen (secondary N) is 1. The summed E-state index contributed by atoms with van der Waals surface area (Å²) >= 11 is 8.88. The molecule has 0 aliphatic rings. The van der Waals surface area contributed by atoms with Gasteiger partial charge in [-0.3, -0.25) is 9.59 Å². The molecular formula is C15H10BrClFNO3. The van der Waals surface area contributed by atoms with Crippen molar-refractivity contribution in [2.45, 2.75) is 0 Å². The second kappa shape index (κ2) is 7.38. The summed E-state index contributed by atoms with van der Waals surface area (Å²) in [6, 6.07) is 8.60. The highest BCUT2D eigenvalue weighted by atomic mass is 79.9. The SMILES string of the molecule is O=Cc1ccc(OCC(=O)Nc2ccc(F)c(Cl)c2)c(Br)c1. The number of hydrogen-bond acceptors (Lipinski definition) is 3. The molecule has 22 heavy (non-hydrogen) atoms. The number of hydrogen-bond donors (Lipinski definition) is 1. The van der Waals surface area contributed by atoms with Crippen LogP contribution in [0.4, 0.5) is 10.1 Å². The molecule has 0 aliphatic carbocycles. The first-order chi connectivity index (χ1) is 10.5. The molecule has 0 spiro atoms. The quantitative estimate of drug-likeness (QED) is 0.788. The molecule has 0 aromatic heterocycles. The maximum atomic E-state index is 13.0. The highest BCUT2D eigenvalue weighted by Gasteiger charge is 2.08. The Labute approximate surface area is 139 Å². The number of halogens is 3. The Bertz CT molecular complexity index is 724. The number of amides is 1. The molecular weight excluding hydrogens is 377 g/mol. The van der Waals surface area contributed by atoms with Gasteiger partial charge in [-0.15, -0.1) is 0 Å². The molecule has 0 unspecified atom stereocenters. The lowest BCUT2D eigenvalue weighted by Crippen LogP contribution is -2.20. The van der Waals surface area contributed by atoms with Crippen LogP contribution in [0.3, 0.4) is 0 Å². The van der Waals surface area contributed by atoms with E-state index < -0.39 is 11.7 Å². The van der Waals surface area contributed by atoms with Gasteiger partial charge in [0, 0.05) is 11.3 Å². The molecule has 1 N–H and O–H groups in total.